The third-order valence-corrected chi connectivity index (χ3v) is 3.18. The van der Waals surface area contributed by atoms with E-state index < -0.39 is 5.82 Å². The molecule has 0 heterocycles. The maximum Gasteiger partial charge on any atom is 0.258 e. The molecule has 0 spiro atoms. The topological polar surface area (TPSA) is 64.3 Å². The number of nitrogens with one attached hydrogen (secondary N) is 1. The van der Waals surface area contributed by atoms with Gasteiger partial charge >= 0.3 is 0 Å². The number of carbonyl (C=O) groups is 1. The highest BCUT2D eigenvalue weighted by Gasteiger charge is 2.11. The van der Waals surface area contributed by atoms with E-state index in [2.05, 4.69) is 5.32 Å². The van der Waals surface area contributed by atoms with Crippen LogP contribution in [0.4, 0.5) is 4.39 Å². The fourth-order valence-electron chi connectivity index (χ4n) is 1.88. The van der Waals surface area contributed by atoms with Crippen molar-refractivity contribution in [2.75, 3.05) is 6.61 Å². The van der Waals surface area contributed by atoms with Crippen molar-refractivity contribution in [1.29, 1.82) is 0 Å². The first kappa shape index (κ1) is 16.4. The summed E-state index contributed by atoms with van der Waals surface area (Å²) in [5.41, 5.74) is 6.06. The van der Waals surface area contributed by atoms with Crippen LogP contribution in [0.3, 0.4) is 0 Å². The van der Waals surface area contributed by atoms with Crippen molar-refractivity contribution in [2.24, 2.45) is 5.73 Å². The summed E-state index contributed by atoms with van der Waals surface area (Å²) in [5, 5.41) is 2.85. The van der Waals surface area contributed by atoms with E-state index in [0.29, 0.717) is 11.3 Å². The second kappa shape index (κ2) is 7.85. The van der Waals surface area contributed by atoms with Crippen LogP contribution in [0.1, 0.15) is 45.2 Å². The van der Waals surface area contributed by atoms with E-state index in [9.17, 15) is 9.18 Å². The minimum absolute atomic E-state index is 0.118. The fourth-order valence-corrected chi connectivity index (χ4v) is 1.88. The highest BCUT2D eigenvalue weighted by molar-refractivity contribution is 5.77. The van der Waals surface area contributed by atoms with Crippen LogP contribution in [0.15, 0.2) is 18.2 Å². The Bertz CT molecular complexity index is 445. The Hall–Kier alpha value is -1.62. The van der Waals surface area contributed by atoms with Gasteiger partial charge in [0.2, 0.25) is 0 Å². The normalized spacial score (nSPS) is 12.3. The van der Waals surface area contributed by atoms with Crippen LogP contribution in [0.2, 0.25) is 0 Å². The lowest BCUT2D eigenvalue weighted by atomic mass is 10.1. The Balaban J connectivity index is 2.53. The summed E-state index contributed by atoms with van der Waals surface area (Å²) in [4.78, 5) is 11.7. The van der Waals surface area contributed by atoms with E-state index in [4.69, 9.17) is 10.5 Å². The van der Waals surface area contributed by atoms with Crippen molar-refractivity contribution in [3.8, 4) is 5.75 Å². The molecular formula is C15H23FN2O2. The Morgan fingerprint density at radius 3 is 2.55 bits per heavy atom. The van der Waals surface area contributed by atoms with E-state index in [0.717, 1.165) is 12.8 Å². The summed E-state index contributed by atoms with van der Waals surface area (Å²) in [5.74, 6) is -0.292. The van der Waals surface area contributed by atoms with Gasteiger partial charge in [-0.05, 0) is 25.8 Å². The molecule has 1 rings (SSSR count). The smallest absolute Gasteiger partial charge is 0.258 e. The maximum absolute atomic E-state index is 13.7. The summed E-state index contributed by atoms with van der Waals surface area (Å²) in [7, 11) is 0. The molecule has 0 aliphatic rings. The molecule has 1 amide bonds. The Morgan fingerprint density at radius 1 is 1.40 bits per heavy atom. The number of rotatable bonds is 7. The second-order valence-corrected chi connectivity index (χ2v) is 4.84. The van der Waals surface area contributed by atoms with Gasteiger partial charge in [0.05, 0.1) is 0 Å². The summed E-state index contributed by atoms with van der Waals surface area (Å²) in [6.07, 6.45) is 1.75. The summed E-state index contributed by atoms with van der Waals surface area (Å²) >= 11 is 0. The summed E-state index contributed by atoms with van der Waals surface area (Å²) < 4.78 is 19.0. The van der Waals surface area contributed by atoms with Crippen LogP contribution in [0.25, 0.3) is 0 Å². The number of nitrogens with two attached hydrogens (primary N) is 1. The molecule has 0 fully saturated rings. The third kappa shape index (κ3) is 4.81. The molecule has 4 nitrogen and oxygen atoms in total. The van der Waals surface area contributed by atoms with Crippen LogP contribution in [-0.4, -0.2) is 18.6 Å². The van der Waals surface area contributed by atoms with Gasteiger partial charge in [0.25, 0.3) is 5.91 Å². The van der Waals surface area contributed by atoms with Crippen LogP contribution in [0, 0.1) is 5.82 Å². The SMILES string of the molecule is CCC(CC)NC(=O)COc1ccc([C@H](C)N)c(F)c1. The molecular weight excluding hydrogens is 259 g/mol. The first-order valence-corrected chi connectivity index (χ1v) is 6.95. The number of amides is 1. The monoisotopic (exact) mass is 282 g/mol. The molecule has 1 aromatic carbocycles. The molecule has 20 heavy (non-hydrogen) atoms. The van der Waals surface area contributed by atoms with Crippen LogP contribution >= 0.6 is 0 Å². The summed E-state index contributed by atoms with van der Waals surface area (Å²) in [6, 6.07) is 4.23. The van der Waals surface area contributed by atoms with Crippen molar-refractivity contribution in [3.05, 3.63) is 29.6 Å². The van der Waals surface area contributed by atoms with Gasteiger partial charge in [-0.15, -0.1) is 0 Å². The lowest BCUT2D eigenvalue weighted by molar-refractivity contribution is -0.123. The molecule has 0 saturated heterocycles. The van der Waals surface area contributed by atoms with Crippen LogP contribution in [-0.2, 0) is 4.79 Å². The first-order chi connectivity index (χ1) is 9.47. The Morgan fingerprint density at radius 2 is 2.05 bits per heavy atom. The van der Waals surface area contributed by atoms with Gasteiger partial charge < -0.3 is 15.8 Å². The molecule has 0 saturated carbocycles. The van der Waals surface area contributed by atoms with Crippen molar-refractivity contribution in [1.82, 2.24) is 5.32 Å². The molecule has 3 N–H and O–H groups in total. The molecule has 0 aliphatic carbocycles. The number of carbonyl (C=O) groups excluding carboxylic acids is 1. The second-order valence-electron chi connectivity index (χ2n) is 4.84. The average Bonchev–Trinajstić information content (AvgIpc) is 2.42. The van der Waals surface area contributed by atoms with Gasteiger partial charge in [-0.1, -0.05) is 19.9 Å². The number of ether oxygens (including phenoxy) is 1. The predicted molar refractivity (Wildman–Crippen MR) is 77.0 cm³/mol. The molecule has 1 atom stereocenters. The van der Waals surface area contributed by atoms with Crippen LogP contribution < -0.4 is 15.8 Å². The summed E-state index contributed by atoms with van der Waals surface area (Å²) in [6.45, 7) is 5.62. The minimum atomic E-state index is -0.419. The lowest BCUT2D eigenvalue weighted by Crippen LogP contribution is -2.37. The molecule has 0 bridgehead atoms. The fraction of sp³-hybridized carbons (Fsp3) is 0.533. The molecule has 1 aromatic rings. The zero-order chi connectivity index (χ0) is 15.1. The van der Waals surface area contributed by atoms with Gasteiger partial charge in [-0.2, -0.15) is 0 Å². The van der Waals surface area contributed by atoms with Crippen molar-refractivity contribution in [3.63, 3.8) is 0 Å². The van der Waals surface area contributed by atoms with Crippen molar-refractivity contribution >= 4 is 5.91 Å². The molecule has 0 aromatic heterocycles. The van der Waals surface area contributed by atoms with Gasteiger partial charge in [0.1, 0.15) is 11.6 Å². The molecule has 0 unspecified atom stereocenters. The molecule has 5 heteroatoms. The number of hydrogen-bond donors (Lipinski definition) is 2. The van der Waals surface area contributed by atoms with E-state index in [-0.39, 0.29) is 24.6 Å². The maximum atomic E-state index is 13.7. The Kier molecular flexibility index (Phi) is 6.45. The first-order valence-electron chi connectivity index (χ1n) is 6.95. The highest BCUT2D eigenvalue weighted by Crippen LogP contribution is 2.20. The third-order valence-electron chi connectivity index (χ3n) is 3.18. The van der Waals surface area contributed by atoms with Crippen LogP contribution in [0.5, 0.6) is 5.75 Å². The number of benzene rings is 1. The lowest BCUT2D eigenvalue weighted by Gasteiger charge is -2.15. The average molecular weight is 282 g/mol. The zero-order valence-corrected chi connectivity index (χ0v) is 12.3. The van der Waals surface area contributed by atoms with E-state index in [1.54, 1.807) is 19.1 Å². The largest absolute Gasteiger partial charge is 0.484 e. The van der Waals surface area contributed by atoms with Gasteiger partial charge in [-0.3, -0.25) is 4.79 Å². The van der Waals surface area contributed by atoms with E-state index >= 15 is 0 Å². The van der Waals surface area contributed by atoms with Gasteiger partial charge in [0, 0.05) is 23.7 Å². The van der Waals surface area contributed by atoms with E-state index in [1.807, 2.05) is 13.8 Å². The van der Waals surface area contributed by atoms with Gasteiger partial charge in [0.15, 0.2) is 6.61 Å². The van der Waals surface area contributed by atoms with E-state index in [1.165, 1.54) is 6.07 Å². The number of halogens is 1. The minimum Gasteiger partial charge on any atom is -0.484 e. The number of hydrogen-bond acceptors (Lipinski definition) is 3. The van der Waals surface area contributed by atoms with Crippen molar-refractivity contribution in [2.45, 2.75) is 45.7 Å². The van der Waals surface area contributed by atoms with Crippen molar-refractivity contribution < 1.29 is 13.9 Å². The molecule has 112 valence electrons. The predicted octanol–water partition coefficient (Wildman–Crippen LogP) is 2.53. The molecule has 0 radical (unpaired) electrons. The highest BCUT2D eigenvalue weighted by atomic mass is 19.1. The standard InChI is InChI=1S/C15H23FN2O2/c1-4-11(5-2)18-15(19)9-20-12-6-7-13(10(3)17)14(16)8-12/h6-8,10-11H,4-5,9,17H2,1-3H3,(H,18,19)/t10-/m0/s1. The quantitative estimate of drug-likeness (QED) is 0.807. The zero-order valence-electron chi connectivity index (χ0n) is 12.3. The Labute approximate surface area is 119 Å². The van der Waals surface area contributed by atoms with Gasteiger partial charge in [-0.25, -0.2) is 4.39 Å². The molecule has 0 aliphatic heterocycles.